The Morgan fingerprint density at radius 2 is 1.86 bits per heavy atom. The van der Waals surface area contributed by atoms with Crippen molar-refractivity contribution in [3.05, 3.63) is 0 Å². The molecule has 2 unspecified atom stereocenters. The van der Waals surface area contributed by atoms with Crippen LogP contribution in [0.15, 0.2) is 0 Å². The summed E-state index contributed by atoms with van der Waals surface area (Å²) in [4.78, 5) is 13.8. The Hall–Kier alpha value is -0.0400. The first-order valence-electron chi connectivity index (χ1n) is 8.07. The number of ether oxygens (including phenoxy) is 2. The summed E-state index contributed by atoms with van der Waals surface area (Å²) in [6, 6.07) is 0. The van der Waals surface area contributed by atoms with E-state index < -0.39 is 5.60 Å². The topological polar surface area (TPSA) is 38.8 Å². The molecule has 4 nitrogen and oxygen atoms in total. The molecule has 0 aromatic heterocycles. The third-order valence-electron chi connectivity index (χ3n) is 3.43. The number of likely N-dealkylation sites (tertiary alicyclic amines) is 1. The first-order valence-corrected chi connectivity index (χ1v) is 9.31. The Morgan fingerprint density at radius 1 is 1.19 bits per heavy atom. The molecule has 1 aliphatic rings. The smallest absolute Gasteiger partial charge is 0.410 e. The molecule has 1 saturated heterocycles. The largest absolute Gasteiger partial charge is 0.444 e. The zero-order chi connectivity index (χ0) is 15.9. The Bertz CT molecular complexity index is 317. The minimum absolute atomic E-state index is 0.143. The molecule has 0 aliphatic carbocycles. The molecule has 0 aromatic carbocycles. The van der Waals surface area contributed by atoms with Gasteiger partial charge < -0.3 is 14.4 Å². The maximum atomic E-state index is 12.0. The second kappa shape index (κ2) is 9.18. The third-order valence-corrected chi connectivity index (χ3v) is 4.63. The van der Waals surface area contributed by atoms with Gasteiger partial charge in [-0.1, -0.05) is 55.2 Å². The van der Waals surface area contributed by atoms with Gasteiger partial charge in [0.05, 0.1) is 16.6 Å². The lowest BCUT2D eigenvalue weighted by atomic mass is 10.2. The minimum atomic E-state index is -0.434. The lowest BCUT2D eigenvalue weighted by Crippen LogP contribution is -2.36. The van der Waals surface area contributed by atoms with Crippen LogP contribution in [0, 0.1) is 0 Å². The molecule has 0 saturated carbocycles. The molecular weight excluding hydrogens is 381 g/mol. The van der Waals surface area contributed by atoms with Gasteiger partial charge in [0.2, 0.25) is 0 Å². The van der Waals surface area contributed by atoms with Crippen LogP contribution in [0.3, 0.4) is 0 Å². The van der Waals surface area contributed by atoms with E-state index in [9.17, 15) is 4.79 Å². The van der Waals surface area contributed by atoms with Crippen LogP contribution >= 0.6 is 22.6 Å². The van der Waals surface area contributed by atoms with Gasteiger partial charge in [-0.25, -0.2) is 4.79 Å². The van der Waals surface area contributed by atoms with Crippen molar-refractivity contribution in [2.24, 2.45) is 0 Å². The predicted octanol–water partition coefficient (Wildman–Crippen LogP) is 4.40. The molecule has 0 aromatic rings. The van der Waals surface area contributed by atoms with Crippen molar-refractivity contribution in [2.75, 3.05) is 19.7 Å². The standard InChI is InChI=1S/C16H30INO3/c1-5-6-7-8-9-10-20-14-12-18(11-13(14)17)15(19)21-16(2,3)4/h13-14H,5-12H2,1-4H3. The molecule has 1 aliphatic heterocycles. The van der Waals surface area contributed by atoms with E-state index in [-0.39, 0.29) is 12.2 Å². The number of hydrogen-bond acceptors (Lipinski definition) is 3. The van der Waals surface area contributed by atoms with Crippen LogP contribution < -0.4 is 0 Å². The maximum Gasteiger partial charge on any atom is 0.410 e. The lowest BCUT2D eigenvalue weighted by molar-refractivity contribution is 0.0209. The van der Waals surface area contributed by atoms with E-state index >= 15 is 0 Å². The minimum Gasteiger partial charge on any atom is -0.444 e. The van der Waals surface area contributed by atoms with Crippen molar-refractivity contribution in [2.45, 2.75) is 75.4 Å². The number of alkyl halides is 1. The van der Waals surface area contributed by atoms with E-state index in [0.717, 1.165) is 19.6 Å². The Labute approximate surface area is 143 Å². The molecule has 0 bridgehead atoms. The van der Waals surface area contributed by atoms with Crippen molar-refractivity contribution >= 4 is 28.7 Å². The zero-order valence-corrected chi connectivity index (χ0v) is 16.0. The second-order valence-corrected chi connectivity index (χ2v) is 8.32. The molecular formula is C16H30INO3. The van der Waals surface area contributed by atoms with Crippen LogP contribution in [0.25, 0.3) is 0 Å². The average Bonchev–Trinajstić information content (AvgIpc) is 2.73. The van der Waals surface area contributed by atoms with E-state index in [1.807, 2.05) is 20.8 Å². The van der Waals surface area contributed by atoms with Gasteiger partial charge >= 0.3 is 6.09 Å². The fourth-order valence-corrected chi connectivity index (χ4v) is 3.22. The number of rotatable bonds is 7. The summed E-state index contributed by atoms with van der Waals surface area (Å²) in [5, 5.41) is 0. The maximum absolute atomic E-state index is 12.0. The van der Waals surface area contributed by atoms with Gasteiger partial charge in [-0.2, -0.15) is 0 Å². The second-order valence-electron chi connectivity index (χ2n) is 6.72. The number of halogens is 1. The molecule has 0 spiro atoms. The molecule has 21 heavy (non-hydrogen) atoms. The fraction of sp³-hybridized carbons (Fsp3) is 0.938. The molecule has 0 N–H and O–H groups in total. The molecule has 1 heterocycles. The van der Waals surface area contributed by atoms with Crippen molar-refractivity contribution in [3.63, 3.8) is 0 Å². The van der Waals surface area contributed by atoms with Gasteiger partial charge in [0.1, 0.15) is 5.60 Å². The number of unbranched alkanes of at least 4 members (excludes halogenated alkanes) is 4. The van der Waals surface area contributed by atoms with Gasteiger partial charge in [-0.15, -0.1) is 0 Å². The molecule has 5 heteroatoms. The van der Waals surface area contributed by atoms with Gasteiger partial charge in [0, 0.05) is 13.2 Å². The highest BCUT2D eigenvalue weighted by molar-refractivity contribution is 14.1. The van der Waals surface area contributed by atoms with Gasteiger partial charge in [-0.3, -0.25) is 0 Å². The van der Waals surface area contributed by atoms with E-state index in [0.29, 0.717) is 10.5 Å². The molecule has 2 atom stereocenters. The molecule has 0 radical (unpaired) electrons. The monoisotopic (exact) mass is 411 g/mol. The summed E-state index contributed by atoms with van der Waals surface area (Å²) in [5.74, 6) is 0. The third kappa shape index (κ3) is 7.68. The van der Waals surface area contributed by atoms with E-state index in [2.05, 4.69) is 29.5 Å². The molecule has 1 amide bonds. The summed E-state index contributed by atoms with van der Waals surface area (Å²) in [6.45, 7) is 10.1. The van der Waals surface area contributed by atoms with Crippen molar-refractivity contribution in [1.82, 2.24) is 4.90 Å². The lowest BCUT2D eigenvalue weighted by Gasteiger charge is -2.24. The van der Waals surface area contributed by atoms with Crippen LogP contribution in [0.1, 0.15) is 59.8 Å². The average molecular weight is 411 g/mol. The Balaban J connectivity index is 2.24. The van der Waals surface area contributed by atoms with Crippen LogP contribution in [-0.2, 0) is 9.47 Å². The fourth-order valence-electron chi connectivity index (χ4n) is 2.31. The van der Waals surface area contributed by atoms with E-state index in [1.54, 1.807) is 4.90 Å². The van der Waals surface area contributed by atoms with Crippen LogP contribution in [0.5, 0.6) is 0 Å². The molecule has 1 fully saturated rings. The Kier molecular flexibility index (Phi) is 8.31. The van der Waals surface area contributed by atoms with Crippen molar-refractivity contribution in [1.29, 1.82) is 0 Å². The van der Waals surface area contributed by atoms with Gasteiger partial charge in [0.15, 0.2) is 0 Å². The first kappa shape index (κ1) is 19.0. The summed E-state index contributed by atoms with van der Waals surface area (Å²) in [7, 11) is 0. The summed E-state index contributed by atoms with van der Waals surface area (Å²) >= 11 is 2.38. The Morgan fingerprint density at radius 3 is 2.48 bits per heavy atom. The zero-order valence-electron chi connectivity index (χ0n) is 13.9. The number of carbonyl (C=O) groups is 1. The predicted molar refractivity (Wildman–Crippen MR) is 94.1 cm³/mol. The van der Waals surface area contributed by atoms with E-state index in [4.69, 9.17) is 9.47 Å². The summed E-state index contributed by atoms with van der Waals surface area (Å²) < 4.78 is 11.7. The quantitative estimate of drug-likeness (QED) is 0.354. The molecule has 124 valence electrons. The highest BCUT2D eigenvalue weighted by Crippen LogP contribution is 2.23. The van der Waals surface area contributed by atoms with Gasteiger partial charge in [0.25, 0.3) is 0 Å². The number of nitrogens with zero attached hydrogens (tertiary/aromatic N) is 1. The van der Waals surface area contributed by atoms with E-state index in [1.165, 1.54) is 25.7 Å². The van der Waals surface area contributed by atoms with Crippen molar-refractivity contribution < 1.29 is 14.3 Å². The highest BCUT2D eigenvalue weighted by Gasteiger charge is 2.36. The number of amides is 1. The van der Waals surface area contributed by atoms with Crippen LogP contribution in [-0.4, -0.2) is 46.3 Å². The number of hydrogen-bond donors (Lipinski definition) is 0. The number of carbonyl (C=O) groups excluding carboxylic acids is 1. The van der Waals surface area contributed by atoms with Crippen LogP contribution in [0.2, 0.25) is 0 Å². The van der Waals surface area contributed by atoms with Gasteiger partial charge in [-0.05, 0) is 27.2 Å². The van der Waals surface area contributed by atoms with Crippen molar-refractivity contribution in [3.8, 4) is 0 Å². The highest BCUT2D eigenvalue weighted by atomic mass is 127. The summed E-state index contributed by atoms with van der Waals surface area (Å²) in [5.41, 5.74) is -0.434. The SMILES string of the molecule is CCCCCCCOC1CN(C(=O)OC(C)(C)C)CC1I. The summed E-state index contributed by atoms with van der Waals surface area (Å²) in [6.07, 6.45) is 6.15. The molecule has 1 rings (SSSR count). The van der Waals surface area contributed by atoms with Crippen LogP contribution in [0.4, 0.5) is 4.79 Å². The first-order chi connectivity index (χ1) is 9.83. The normalized spacial score (nSPS) is 22.6.